The number of nitrogens with one attached hydrogen (secondary N) is 4. The molecule has 8 heteroatoms. The minimum absolute atomic E-state index is 0.0268. The Kier molecular flexibility index (Phi) is 4.84. The van der Waals surface area contributed by atoms with Crippen LogP contribution in [0, 0.1) is 5.41 Å². The fourth-order valence-corrected chi connectivity index (χ4v) is 5.69. The van der Waals surface area contributed by atoms with Crippen LogP contribution >= 0.6 is 23.2 Å². The van der Waals surface area contributed by atoms with Gasteiger partial charge in [0.25, 0.3) is 5.91 Å². The summed E-state index contributed by atoms with van der Waals surface area (Å²) in [5.74, 6) is -0.283. The Morgan fingerprint density at radius 2 is 1.48 bits per heavy atom. The second-order valence-corrected chi connectivity index (χ2v) is 9.30. The lowest BCUT2D eigenvalue weighted by Crippen LogP contribution is -3.56. The normalized spacial score (nSPS) is 30.4. The molecule has 6 rings (SSSR count). The zero-order valence-electron chi connectivity index (χ0n) is 16.0. The van der Waals surface area contributed by atoms with Crippen molar-refractivity contribution < 1.29 is 19.5 Å². The lowest BCUT2D eigenvalue weighted by molar-refractivity contribution is -1.30. The number of hydrazone groups is 1. The third kappa shape index (κ3) is 3.56. The Balaban J connectivity index is 1.48. The molecule has 4 aliphatic rings. The van der Waals surface area contributed by atoms with E-state index in [0.717, 1.165) is 30.9 Å². The summed E-state index contributed by atoms with van der Waals surface area (Å²) < 4.78 is 0. The first kappa shape index (κ1) is 19.0. The van der Waals surface area contributed by atoms with Crippen LogP contribution in [0.4, 0.5) is 0 Å². The fraction of sp³-hybridized carbons (Fsp3) is 0.333. The largest absolute Gasteiger partial charge is 0.271 e. The molecule has 4 heterocycles. The minimum atomic E-state index is -0.283. The molecular formula is C21H24Cl2N5O+3. The number of hydrogen-bond acceptors (Lipinski definition) is 2. The molecule has 0 aromatic heterocycles. The number of halogens is 2. The lowest BCUT2D eigenvalue weighted by atomic mass is 9.74. The van der Waals surface area contributed by atoms with Gasteiger partial charge in [-0.1, -0.05) is 53.5 Å². The number of hydrogen-bond donors (Lipinski definition) is 4. The molecule has 2 aromatic carbocycles. The van der Waals surface area contributed by atoms with Crippen LogP contribution in [0.3, 0.4) is 0 Å². The molecule has 4 aliphatic heterocycles. The van der Waals surface area contributed by atoms with E-state index in [9.17, 15) is 4.79 Å². The standard InChI is InChI=1S/C21H21Cl2N5O/c22-17-7-6-16(8-18(17)23)20(29)25-24-19(15-4-2-1-3-5-15)21-9-26-12-27(10-21)14-28(11-21)13-26/h1-8H,9-14H2,(H,25,29)/p+3. The van der Waals surface area contributed by atoms with Gasteiger partial charge < -0.3 is 0 Å². The monoisotopic (exact) mass is 432 g/mol. The number of carbonyl (C=O) groups excluding carboxylic acids is 1. The van der Waals surface area contributed by atoms with E-state index in [1.807, 2.05) is 18.2 Å². The lowest BCUT2D eigenvalue weighted by Gasteiger charge is -2.52. The predicted octanol–water partition coefficient (Wildman–Crippen LogP) is -1.32. The van der Waals surface area contributed by atoms with Crippen LogP contribution < -0.4 is 20.1 Å². The molecule has 0 saturated carbocycles. The first-order chi connectivity index (χ1) is 14.0. The Hall–Kier alpha value is -1.96. The van der Waals surface area contributed by atoms with E-state index >= 15 is 0 Å². The zero-order valence-corrected chi connectivity index (χ0v) is 17.5. The van der Waals surface area contributed by atoms with Gasteiger partial charge in [-0.15, -0.1) is 0 Å². The average molecular weight is 433 g/mol. The van der Waals surface area contributed by atoms with Crippen LogP contribution in [0.1, 0.15) is 15.9 Å². The van der Waals surface area contributed by atoms with E-state index in [1.54, 1.807) is 32.9 Å². The summed E-state index contributed by atoms with van der Waals surface area (Å²) in [6, 6.07) is 15.1. The van der Waals surface area contributed by atoms with Gasteiger partial charge in [0.2, 0.25) is 20.0 Å². The Morgan fingerprint density at radius 1 is 0.862 bits per heavy atom. The van der Waals surface area contributed by atoms with E-state index in [0.29, 0.717) is 15.6 Å². The molecule has 1 amide bonds. The minimum Gasteiger partial charge on any atom is -0.267 e. The molecule has 29 heavy (non-hydrogen) atoms. The molecule has 4 fully saturated rings. The van der Waals surface area contributed by atoms with Crippen molar-refractivity contribution in [1.82, 2.24) is 5.43 Å². The van der Waals surface area contributed by atoms with E-state index in [4.69, 9.17) is 28.3 Å². The summed E-state index contributed by atoms with van der Waals surface area (Å²) in [5, 5.41) is 5.50. The second-order valence-electron chi connectivity index (χ2n) is 8.49. The molecular weight excluding hydrogens is 409 g/mol. The SMILES string of the molecule is O=C(NN=C(c1ccccc1)C12C[NH+]3C[NH+](C[NH+](C3)C1)C2)c1ccc(Cl)c(Cl)c1. The summed E-state index contributed by atoms with van der Waals surface area (Å²) in [6.45, 7) is 6.75. The van der Waals surface area contributed by atoms with Crippen molar-refractivity contribution in [3.8, 4) is 0 Å². The van der Waals surface area contributed by atoms with Gasteiger partial charge in [-0.2, -0.15) is 5.10 Å². The zero-order chi connectivity index (χ0) is 20.0. The number of rotatable bonds is 4. The fourth-order valence-electron chi connectivity index (χ4n) is 5.39. The molecule has 150 valence electrons. The van der Waals surface area contributed by atoms with Crippen molar-refractivity contribution in [3.63, 3.8) is 0 Å². The highest BCUT2D eigenvalue weighted by molar-refractivity contribution is 6.42. The highest BCUT2D eigenvalue weighted by Gasteiger charge is 2.60. The van der Waals surface area contributed by atoms with Crippen molar-refractivity contribution in [2.75, 3.05) is 39.6 Å². The first-order valence-corrected chi connectivity index (χ1v) is 10.7. The van der Waals surface area contributed by atoms with Gasteiger partial charge in [0.05, 0.1) is 15.8 Å². The van der Waals surface area contributed by atoms with Gasteiger partial charge >= 0.3 is 0 Å². The van der Waals surface area contributed by atoms with Gasteiger partial charge in [-0.25, -0.2) is 20.1 Å². The smallest absolute Gasteiger partial charge is 0.267 e. The van der Waals surface area contributed by atoms with E-state index in [-0.39, 0.29) is 11.3 Å². The van der Waals surface area contributed by atoms with Gasteiger partial charge in [0.15, 0.2) is 5.41 Å². The molecule has 4 N–H and O–H groups in total. The number of nitrogens with zero attached hydrogens (tertiary/aromatic N) is 1. The van der Waals surface area contributed by atoms with Crippen LogP contribution in [0.15, 0.2) is 53.6 Å². The third-order valence-electron chi connectivity index (χ3n) is 6.27. The van der Waals surface area contributed by atoms with Crippen molar-refractivity contribution in [1.29, 1.82) is 0 Å². The summed E-state index contributed by atoms with van der Waals surface area (Å²) in [4.78, 5) is 17.6. The van der Waals surface area contributed by atoms with E-state index in [1.165, 1.54) is 20.0 Å². The maximum atomic E-state index is 12.7. The van der Waals surface area contributed by atoms with Gasteiger partial charge in [-0.3, -0.25) is 4.79 Å². The molecule has 0 unspecified atom stereocenters. The molecule has 4 bridgehead atoms. The highest BCUT2D eigenvalue weighted by atomic mass is 35.5. The van der Waals surface area contributed by atoms with E-state index in [2.05, 4.69) is 17.6 Å². The van der Waals surface area contributed by atoms with Crippen molar-refractivity contribution in [3.05, 3.63) is 69.7 Å². The van der Waals surface area contributed by atoms with Crippen molar-refractivity contribution in [2.24, 2.45) is 10.5 Å². The molecule has 4 saturated heterocycles. The number of quaternary nitrogens is 3. The number of amides is 1. The maximum absolute atomic E-state index is 12.7. The topological polar surface area (TPSA) is 54.8 Å². The summed E-state index contributed by atoms with van der Waals surface area (Å²) in [6.07, 6.45) is 0. The predicted molar refractivity (Wildman–Crippen MR) is 111 cm³/mol. The Labute approximate surface area is 179 Å². The first-order valence-electron chi connectivity index (χ1n) is 9.92. The molecule has 0 radical (unpaired) electrons. The van der Waals surface area contributed by atoms with Crippen LogP contribution in [-0.4, -0.2) is 51.3 Å². The average Bonchev–Trinajstić information content (AvgIpc) is 2.69. The summed E-state index contributed by atoms with van der Waals surface area (Å²) in [7, 11) is 0. The molecule has 6 nitrogen and oxygen atoms in total. The number of carbonyl (C=O) groups is 1. The van der Waals surface area contributed by atoms with Gasteiger partial charge in [0.1, 0.15) is 19.6 Å². The summed E-state index contributed by atoms with van der Waals surface area (Å²) in [5.41, 5.74) is 5.26. The van der Waals surface area contributed by atoms with Crippen molar-refractivity contribution in [2.45, 2.75) is 0 Å². The summed E-state index contributed by atoms with van der Waals surface area (Å²) >= 11 is 12.0. The van der Waals surface area contributed by atoms with Crippen molar-refractivity contribution >= 4 is 34.8 Å². The van der Waals surface area contributed by atoms with Crippen LogP contribution in [0.5, 0.6) is 0 Å². The van der Waals surface area contributed by atoms with Crippen LogP contribution in [-0.2, 0) is 0 Å². The highest BCUT2D eigenvalue weighted by Crippen LogP contribution is 2.24. The molecule has 0 aliphatic carbocycles. The quantitative estimate of drug-likeness (QED) is 0.351. The Morgan fingerprint density at radius 3 is 2.07 bits per heavy atom. The maximum Gasteiger partial charge on any atom is 0.271 e. The second kappa shape index (κ2) is 7.38. The number of benzene rings is 2. The molecule has 2 aromatic rings. The third-order valence-corrected chi connectivity index (χ3v) is 7.00. The van der Waals surface area contributed by atoms with E-state index < -0.39 is 0 Å². The Bertz CT molecular complexity index is 943. The molecule has 0 atom stereocenters. The van der Waals surface area contributed by atoms with Gasteiger partial charge in [-0.05, 0) is 23.8 Å². The molecule has 0 spiro atoms. The van der Waals surface area contributed by atoms with Gasteiger partial charge in [0, 0.05) is 5.56 Å². The van der Waals surface area contributed by atoms with Crippen LogP contribution in [0.25, 0.3) is 0 Å². The van der Waals surface area contributed by atoms with Crippen LogP contribution in [0.2, 0.25) is 10.0 Å².